The minimum atomic E-state index is -3.50. The molecule has 174 valence electrons. The van der Waals surface area contributed by atoms with Crippen LogP contribution in [0, 0.1) is 0 Å². The van der Waals surface area contributed by atoms with E-state index in [-0.39, 0.29) is 26.0 Å². The van der Waals surface area contributed by atoms with Gasteiger partial charge in [-0.1, -0.05) is 18.2 Å². The van der Waals surface area contributed by atoms with E-state index < -0.39 is 43.4 Å². The molecule has 0 bridgehead atoms. The molecular weight excluding hydrogens is 443 g/mol. The molecule has 2 aromatic rings. The normalized spacial score (nSPS) is 20.9. The van der Waals surface area contributed by atoms with Crippen LogP contribution in [0.4, 0.5) is 0 Å². The first-order chi connectivity index (χ1) is 15.3. The number of hydrogen-bond acceptors (Lipinski definition) is 9. The zero-order valence-electron chi connectivity index (χ0n) is 17.7. The molecule has 1 aromatic carbocycles. The predicted molar refractivity (Wildman–Crippen MR) is 112 cm³/mol. The highest BCUT2D eigenvalue weighted by Gasteiger charge is 2.41. The summed E-state index contributed by atoms with van der Waals surface area (Å²) in [5, 5.41) is 0. The lowest BCUT2D eigenvalue weighted by atomic mass is 10.2. The molecule has 32 heavy (non-hydrogen) atoms. The molecule has 11 nitrogen and oxygen atoms in total. The van der Waals surface area contributed by atoms with Gasteiger partial charge in [0.1, 0.15) is 0 Å². The third kappa shape index (κ3) is 6.02. The Morgan fingerprint density at radius 2 is 1.84 bits per heavy atom. The van der Waals surface area contributed by atoms with Crippen LogP contribution >= 0.6 is 7.60 Å². The van der Waals surface area contributed by atoms with Crippen LogP contribution in [0.25, 0.3) is 0 Å². The van der Waals surface area contributed by atoms with Crippen LogP contribution in [-0.4, -0.2) is 47.5 Å². The summed E-state index contributed by atoms with van der Waals surface area (Å²) in [7, 11) is -3.50. The second-order valence-electron chi connectivity index (χ2n) is 6.76. The van der Waals surface area contributed by atoms with E-state index >= 15 is 0 Å². The Balaban J connectivity index is 1.79. The van der Waals surface area contributed by atoms with Crippen molar-refractivity contribution in [2.24, 2.45) is 0 Å². The number of carbonyl (C=O) groups excluding carboxylic acids is 1. The lowest BCUT2D eigenvalue weighted by molar-refractivity contribution is -0.148. The van der Waals surface area contributed by atoms with E-state index in [0.29, 0.717) is 5.56 Å². The second-order valence-corrected chi connectivity index (χ2v) is 8.76. The average molecular weight is 468 g/mol. The van der Waals surface area contributed by atoms with Crippen molar-refractivity contribution in [3.63, 3.8) is 0 Å². The molecular formula is C20H25N2O9P. The monoisotopic (exact) mass is 468 g/mol. The Morgan fingerprint density at radius 3 is 2.47 bits per heavy atom. The third-order valence-electron chi connectivity index (χ3n) is 4.50. The van der Waals surface area contributed by atoms with Crippen molar-refractivity contribution >= 4 is 13.6 Å². The summed E-state index contributed by atoms with van der Waals surface area (Å²) in [6, 6.07) is 9.47. The maximum absolute atomic E-state index is 12.7. The number of rotatable bonds is 10. The molecule has 0 spiro atoms. The van der Waals surface area contributed by atoms with E-state index in [4.69, 9.17) is 23.3 Å². The fourth-order valence-corrected chi connectivity index (χ4v) is 4.51. The summed E-state index contributed by atoms with van der Waals surface area (Å²) < 4.78 is 41.1. The van der Waals surface area contributed by atoms with Crippen molar-refractivity contribution in [2.45, 2.75) is 38.9 Å². The first-order valence-electron chi connectivity index (χ1n) is 10.1. The number of benzene rings is 1. The van der Waals surface area contributed by atoms with Gasteiger partial charge >= 0.3 is 19.3 Å². The van der Waals surface area contributed by atoms with Crippen LogP contribution in [-0.2, 0) is 27.8 Å². The topological polar surface area (TPSA) is 135 Å². The summed E-state index contributed by atoms with van der Waals surface area (Å²) >= 11 is 0. The SMILES string of the molecule is CCOP(=O)(CO[C@@H]1C[C@H](OC(=O)c2ccccc2)[C@H](n2ccc(=O)[nH]c2=O)O1)OCC. The standard InChI is InChI=1S/C20H25N2O9P/c1-3-28-32(26,29-4-2)13-27-17-12-15(30-19(24)14-8-6-5-7-9-14)18(31-17)22-11-10-16(23)21-20(22)25/h5-11,15,17-18H,3-4,12-13H2,1-2H3,(H,21,23,25)/t15-,17-,18+/m0/s1. The predicted octanol–water partition coefficient (Wildman–Crippen LogP) is 2.25. The molecule has 2 heterocycles. The zero-order chi connectivity index (χ0) is 23.1. The Bertz CT molecular complexity index is 1060. The van der Waals surface area contributed by atoms with Gasteiger partial charge in [-0.2, -0.15) is 0 Å². The Morgan fingerprint density at radius 1 is 1.16 bits per heavy atom. The van der Waals surface area contributed by atoms with E-state index in [0.717, 1.165) is 10.6 Å². The highest BCUT2D eigenvalue weighted by atomic mass is 31.2. The highest BCUT2D eigenvalue weighted by molar-refractivity contribution is 7.53. The van der Waals surface area contributed by atoms with Crippen LogP contribution in [0.1, 0.15) is 36.9 Å². The molecule has 1 aliphatic heterocycles. The van der Waals surface area contributed by atoms with Crippen molar-refractivity contribution in [1.82, 2.24) is 9.55 Å². The Hall–Kier alpha value is -2.56. The van der Waals surface area contributed by atoms with Crippen molar-refractivity contribution in [3.05, 3.63) is 69.0 Å². The molecule has 1 saturated heterocycles. The van der Waals surface area contributed by atoms with Crippen LogP contribution in [0.5, 0.6) is 0 Å². The van der Waals surface area contributed by atoms with Gasteiger partial charge in [0.25, 0.3) is 5.56 Å². The molecule has 3 rings (SSSR count). The number of hydrogen-bond donors (Lipinski definition) is 1. The van der Waals surface area contributed by atoms with Crippen LogP contribution in [0.15, 0.2) is 52.2 Å². The van der Waals surface area contributed by atoms with Gasteiger partial charge in [0.15, 0.2) is 25.0 Å². The molecule has 1 N–H and O–H groups in total. The molecule has 1 aromatic heterocycles. The van der Waals surface area contributed by atoms with Gasteiger partial charge in [0.2, 0.25) is 0 Å². The quantitative estimate of drug-likeness (QED) is 0.411. The van der Waals surface area contributed by atoms with Gasteiger partial charge in [-0.15, -0.1) is 0 Å². The van der Waals surface area contributed by atoms with Gasteiger partial charge in [0, 0.05) is 18.7 Å². The number of esters is 1. The molecule has 0 unspecified atom stereocenters. The van der Waals surface area contributed by atoms with E-state index in [1.165, 1.54) is 6.20 Å². The van der Waals surface area contributed by atoms with Crippen molar-refractivity contribution < 1.29 is 32.6 Å². The van der Waals surface area contributed by atoms with Crippen LogP contribution in [0.2, 0.25) is 0 Å². The molecule has 12 heteroatoms. The number of aromatic nitrogens is 2. The molecule has 0 radical (unpaired) electrons. The van der Waals surface area contributed by atoms with Crippen LogP contribution < -0.4 is 11.2 Å². The smallest absolute Gasteiger partial charge is 0.356 e. The summed E-state index contributed by atoms with van der Waals surface area (Å²) in [5.74, 6) is -0.614. The lowest BCUT2D eigenvalue weighted by Crippen LogP contribution is -2.36. The molecule has 0 saturated carbocycles. The summed E-state index contributed by atoms with van der Waals surface area (Å²) in [6.07, 6.45) is -2.06. The number of ether oxygens (including phenoxy) is 3. The Kier molecular flexibility index (Phi) is 8.16. The van der Waals surface area contributed by atoms with Crippen molar-refractivity contribution in [3.8, 4) is 0 Å². The van der Waals surface area contributed by atoms with E-state index in [9.17, 15) is 18.9 Å². The van der Waals surface area contributed by atoms with Crippen LogP contribution in [0.3, 0.4) is 0 Å². The zero-order valence-corrected chi connectivity index (χ0v) is 18.6. The summed E-state index contributed by atoms with van der Waals surface area (Å²) in [5.41, 5.74) is -0.996. The molecule has 3 atom stereocenters. The highest BCUT2D eigenvalue weighted by Crippen LogP contribution is 2.48. The van der Waals surface area contributed by atoms with E-state index in [1.54, 1.807) is 44.2 Å². The van der Waals surface area contributed by atoms with Gasteiger partial charge in [-0.05, 0) is 26.0 Å². The second kappa shape index (κ2) is 10.8. The Labute approximate surface area is 183 Å². The number of nitrogens with zero attached hydrogens (tertiary/aromatic N) is 1. The van der Waals surface area contributed by atoms with Gasteiger partial charge in [0.05, 0.1) is 18.8 Å². The van der Waals surface area contributed by atoms with E-state index in [2.05, 4.69) is 4.98 Å². The average Bonchev–Trinajstić information content (AvgIpc) is 3.16. The molecule has 0 amide bonds. The number of aromatic amines is 1. The summed E-state index contributed by atoms with van der Waals surface area (Å²) in [4.78, 5) is 38.4. The van der Waals surface area contributed by atoms with Gasteiger partial charge < -0.3 is 23.3 Å². The maximum Gasteiger partial charge on any atom is 0.356 e. The lowest BCUT2D eigenvalue weighted by Gasteiger charge is -2.21. The number of nitrogens with one attached hydrogen (secondary N) is 1. The largest absolute Gasteiger partial charge is 0.454 e. The van der Waals surface area contributed by atoms with Gasteiger partial charge in [-0.25, -0.2) is 9.59 Å². The minimum absolute atomic E-state index is 0.0487. The van der Waals surface area contributed by atoms with Crippen molar-refractivity contribution in [1.29, 1.82) is 0 Å². The number of H-pyrrole nitrogens is 1. The van der Waals surface area contributed by atoms with Gasteiger partial charge in [-0.3, -0.25) is 18.9 Å². The number of carbonyl (C=O) groups is 1. The summed E-state index contributed by atoms with van der Waals surface area (Å²) in [6.45, 7) is 3.68. The fourth-order valence-electron chi connectivity index (χ4n) is 3.15. The van der Waals surface area contributed by atoms with E-state index in [1.807, 2.05) is 0 Å². The fraction of sp³-hybridized carbons (Fsp3) is 0.450. The maximum atomic E-state index is 12.7. The molecule has 0 aliphatic carbocycles. The minimum Gasteiger partial charge on any atom is -0.454 e. The first kappa shape index (κ1) is 24.1. The third-order valence-corrected chi connectivity index (χ3v) is 6.27. The molecule has 1 fully saturated rings. The molecule has 1 aliphatic rings. The first-order valence-corrected chi connectivity index (χ1v) is 11.8. The van der Waals surface area contributed by atoms with Crippen molar-refractivity contribution in [2.75, 3.05) is 19.6 Å².